The summed E-state index contributed by atoms with van der Waals surface area (Å²) in [6, 6.07) is 5.57. The molecule has 1 atom stereocenters. The topological polar surface area (TPSA) is 52.6 Å². The van der Waals surface area contributed by atoms with Crippen LogP contribution in [0.4, 0.5) is 4.39 Å². The van der Waals surface area contributed by atoms with E-state index in [2.05, 4.69) is 0 Å². The summed E-state index contributed by atoms with van der Waals surface area (Å²) in [5.41, 5.74) is 0.409. The van der Waals surface area contributed by atoms with Gasteiger partial charge in [-0.1, -0.05) is 12.1 Å². The molecule has 1 unspecified atom stereocenters. The summed E-state index contributed by atoms with van der Waals surface area (Å²) in [6.07, 6.45) is -0.157. The highest BCUT2D eigenvalue weighted by atomic mass is 19.1. The second-order valence-corrected chi connectivity index (χ2v) is 3.87. The standard InChI is InChI=1S/C14H17FO4/c1-3-18-13(16)9-12(14(17)19-4-2)10-6-5-7-11(15)8-10/h5-8,12H,3-4,9H2,1-2H3. The van der Waals surface area contributed by atoms with Gasteiger partial charge in [0.2, 0.25) is 0 Å². The molecular formula is C14H17FO4. The Morgan fingerprint density at radius 2 is 1.89 bits per heavy atom. The van der Waals surface area contributed by atoms with Gasteiger partial charge in [0.25, 0.3) is 0 Å². The van der Waals surface area contributed by atoms with Crippen molar-refractivity contribution in [2.75, 3.05) is 13.2 Å². The fraction of sp³-hybridized carbons (Fsp3) is 0.429. The predicted octanol–water partition coefficient (Wildman–Crippen LogP) is 2.43. The van der Waals surface area contributed by atoms with Crippen LogP contribution in [-0.2, 0) is 19.1 Å². The Morgan fingerprint density at radius 3 is 2.47 bits per heavy atom. The third-order valence-corrected chi connectivity index (χ3v) is 2.50. The van der Waals surface area contributed by atoms with Crippen molar-refractivity contribution >= 4 is 11.9 Å². The van der Waals surface area contributed by atoms with Gasteiger partial charge in [0.05, 0.1) is 25.6 Å². The summed E-state index contributed by atoms with van der Waals surface area (Å²) < 4.78 is 22.9. The summed E-state index contributed by atoms with van der Waals surface area (Å²) in [4.78, 5) is 23.3. The number of benzene rings is 1. The van der Waals surface area contributed by atoms with Crippen molar-refractivity contribution in [3.8, 4) is 0 Å². The molecule has 0 bridgehead atoms. The summed E-state index contributed by atoms with van der Waals surface area (Å²) >= 11 is 0. The molecule has 0 fully saturated rings. The number of esters is 2. The third kappa shape index (κ3) is 4.69. The van der Waals surface area contributed by atoms with Crippen LogP contribution in [0.25, 0.3) is 0 Å². The first-order chi connectivity index (χ1) is 9.08. The Bertz CT molecular complexity index is 445. The molecule has 0 aliphatic heterocycles. The van der Waals surface area contributed by atoms with Crippen molar-refractivity contribution < 1.29 is 23.5 Å². The van der Waals surface area contributed by atoms with Crippen LogP contribution in [0.3, 0.4) is 0 Å². The third-order valence-electron chi connectivity index (χ3n) is 2.50. The molecule has 0 aromatic heterocycles. The highest BCUT2D eigenvalue weighted by molar-refractivity contribution is 5.84. The largest absolute Gasteiger partial charge is 0.466 e. The zero-order valence-electron chi connectivity index (χ0n) is 11.0. The van der Waals surface area contributed by atoms with Gasteiger partial charge in [-0.3, -0.25) is 9.59 Å². The Balaban J connectivity index is 2.91. The molecule has 0 radical (unpaired) electrons. The molecule has 19 heavy (non-hydrogen) atoms. The summed E-state index contributed by atoms with van der Waals surface area (Å²) in [6.45, 7) is 3.79. The summed E-state index contributed by atoms with van der Waals surface area (Å²) in [7, 11) is 0. The number of carbonyl (C=O) groups excluding carboxylic acids is 2. The van der Waals surface area contributed by atoms with E-state index in [1.165, 1.54) is 18.2 Å². The van der Waals surface area contributed by atoms with Crippen LogP contribution in [0, 0.1) is 5.82 Å². The average Bonchev–Trinajstić information content (AvgIpc) is 2.36. The summed E-state index contributed by atoms with van der Waals surface area (Å²) in [5, 5.41) is 0. The molecule has 1 aromatic rings. The number of hydrogen-bond acceptors (Lipinski definition) is 4. The highest BCUT2D eigenvalue weighted by Crippen LogP contribution is 2.22. The smallest absolute Gasteiger partial charge is 0.314 e. The zero-order valence-corrected chi connectivity index (χ0v) is 11.0. The monoisotopic (exact) mass is 268 g/mol. The van der Waals surface area contributed by atoms with Crippen LogP contribution < -0.4 is 0 Å². The number of carbonyl (C=O) groups is 2. The first-order valence-corrected chi connectivity index (χ1v) is 6.16. The molecular weight excluding hydrogens is 251 g/mol. The lowest BCUT2D eigenvalue weighted by molar-refractivity contribution is -0.151. The van der Waals surface area contributed by atoms with E-state index in [1.807, 2.05) is 0 Å². The van der Waals surface area contributed by atoms with Gasteiger partial charge < -0.3 is 9.47 Å². The average molecular weight is 268 g/mol. The van der Waals surface area contributed by atoms with E-state index < -0.39 is 23.7 Å². The Morgan fingerprint density at radius 1 is 1.21 bits per heavy atom. The Hall–Kier alpha value is -1.91. The summed E-state index contributed by atoms with van der Waals surface area (Å²) in [5.74, 6) is -2.36. The van der Waals surface area contributed by atoms with Crippen molar-refractivity contribution in [1.82, 2.24) is 0 Å². The molecule has 4 nitrogen and oxygen atoms in total. The SMILES string of the molecule is CCOC(=O)CC(C(=O)OCC)c1cccc(F)c1. The first-order valence-electron chi connectivity index (χ1n) is 6.16. The maximum atomic E-state index is 13.2. The molecule has 0 saturated heterocycles. The quantitative estimate of drug-likeness (QED) is 0.743. The lowest BCUT2D eigenvalue weighted by Crippen LogP contribution is -2.20. The van der Waals surface area contributed by atoms with Gasteiger partial charge in [-0.05, 0) is 31.5 Å². The van der Waals surface area contributed by atoms with Gasteiger partial charge in [0.15, 0.2) is 0 Å². The number of ether oxygens (including phenoxy) is 2. The van der Waals surface area contributed by atoms with Gasteiger partial charge in [0.1, 0.15) is 5.82 Å². The lowest BCUT2D eigenvalue weighted by atomic mass is 9.96. The van der Waals surface area contributed by atoms with Gasteiger partial charge in [-0.15, -0.1) is 0 Å². The molecule has 0 aliphatic rings. The lowest BCUT2D eigenvalue weighted by Gasteiger charge is -2.15. The molecule has 0 heterocycles. The molecule has 0 aliphatic carbocycles. The predicted molar refractivity (Wildman–Crippen MR) is 67.0 cm³/mol. The van der Waals surface area contributed by atoms with Gasteiger partial charge in [0, 0.05) is 0 Å². The van der Waals surface area contributed by atoms with E-state index in [1.54, 1.807) is 19.9 Å². The van der Waals surface area contributed by atoms with Crippen molar-refractivity contribution in [2.24, 2.45) is 0 Å². The first kappa shape index (κ1) is 15.1. The van der Waals surface area contributed by atoms with Gasteiger partial charge >= 0.3 is 11.9 Å². The molecule has 0 amide bonds. The molecule has 0 saturated carbocycles. The van der Waals surface area contributed by atoms with E-state index in [-0.39, 0.29) is 19.6 Å². The maximum Gasteiger partial charge on any atom is 0.314 e. The minimum atomic E-state index is -0.838. The van der Waals surface area contributed by atoms with Crippen LogP contribution in [0.2, 0.25) is 0 Å². The van der Waals surface area contributed by atoms with E-state index in [0.717, 1.165) is 0 Å². The van der Waals surface area contributed by atoms with Crippen LogP contribution in [0.5, 0.6) is 0 Å². The maximum absolute atomic E-state index is 13.2. The molecule has 5 heteroatoms. The normalized spacial score (nSPS) is 11.7. The van der Waals surface area contributed by atoms with Gasteiger partial charge in [-0.25, -0.2) is 4.39 Å². The number of rotatable bonds is 6. The molecule has 1 rings (SSSR count). The van der Waals surface area contributed by atoms with Crippen LogP contribution >= 0.6 is 0 Å². The van der Waals surface area contributed by atoms with E-state index in [9.17, 15) is 14.0 Å². The molecule has 0 N–H and O–H groups in total. The Labute approximate surface area is 111 Å². The van der Waals surface area contributed by atoms with E-state index >= 15 is 0 Å². The minimum absolute atomic E-state index is 0.157. The fourth-order valence-corrected chi connectivity index (χ4v) is 1.69. The van der Waals surface area contributed by atoms with Crippen LogP contribution in [-0.4, -0.2) is 25.2 Å². The minimum Gasteiger partial charge on any atom is -0.466 e. The molecule has 104 valence electrons. The highest BCUT2D eigenvalue weighted by Gasteiger charge is 2.26. The van der Waals surface area contributed by atoms with Gasteiger partial charge in [-0.2, -0.15) is 0 Å². The molecule has 1 aromatic carbocycles. The number of hydrogen-bond donors (Lipinski definition) is 0. The Kier molecular flexibility index (Phi) is 5.99. The molecule has 0 spiro atoms. The van der Waals surface area contributed by atoms with Crippen LogP contribution in [0.1, 0.15) is 31.7 Å². The second kappa shape index (κ2) is 7.51. The fourth-order valence-electron chi connectivity index (χ4n) is 1.69. The van der Waals surface area contributed by atoms with Crippen LogP contribution in [0.15, 0.2) is 24.3 Å². The van der Waals surface area contributed by atoms with Crippen molar-refractivity contribution in [3.63, 3.8) is 0 Å². The second-order valence-electron chi connectivity index (χ2n) is 3.87. The van der Waals surface area contributed by atoms with Crippen molar-refractivity contribution in [3.05, 3.63) is 35.6 Å². The zero-order chi connectivity index (χ0) is 14.3. The van der Waals surface area contributed by atoms with E-state index in [4.69, 9.17) is 9.47 Å². The number of halogens is 1. The van der Waals surface area contributed by atoms with Crippen molar-refractivity contribution in [1.29, 1.82) is 0 Å². The van der Waals surface area contributed by atoms with E-state index in [0.29, 0.717) is 5.56 Å². The van der Waals surface area contributed by atoms with Crippen molar-refractivity contribution in [2.45, 2.75) is 26.2 Å².